The fraction of sp³-hybridized carbons (Fsp3) is 0.316. The van der Waals surface area contributed by atoms with Crippen LogP contribution in [0.4, 0.5) is 11.4 Å². The summed E-state index contributed by atoms with van der Waals surface area (Å²) in [5.41, 5.74) is 1.90. The summed E-state index contributed by atoms with van der Waals surface area (Å²) in [6, 6.07) is 16.5. The first-order valence-corrected chi connectivity index (χ1v) is 8.11. The van der Waals surface area contributed by atoms with Crippen LogP contribution in [0.2, 0.25) is 0 Å². The molecule has 0 radical (unpaired) electrons. The molecular formula is C19H20N2O2. The second kappa shape index (κ2) is 7.18. The Balaban J connectivity index is 1.95. The largest absolute Gasteiger partial charge is 0.305 e. The molecule has 0 aliphatic heterocycles. The van der Waals surface area contributed by atoms with Crippen LogP contribution in [0.15, 0.2) is 59.8 Å². The van der Waals surface area contributed by atoms with Crippen LogP contribution in [0, 0.1) is 4.91 Å². The smallest absolute Gasteiger partial charge is 0.258 e. The molecule has 4 heteroatoms. The monoisotopic (exact) mass is 308 g/mol. The van der Waals surface area contributed by atoms with E-state index in [2.05, 4.69) is 5.18 Å². The minimum Gasteiger partial charge on any atom is -0.305 e. The van der Waals surface area contributed by atoms with Gasteiger partial charge in [-0.3, -0.25) is 4.79 Å². The Hall–Kier alpha value is -2.49. The van der Waals surface area contributed by atoms with E-state index in [1.165, 1.54) is 6.42 Å². The first-order chi connectivity index (χ1) is 11.3. The van der Waals surface area contributed by atoms with Crippen molar-refractivity contribution >= 4 is 17.3 Å². The summed E-state index contributed by atoms with van der Waals surface area (Å²) >= 11 is 0. The molecule has 0 bridgehead atoms. The molecule has 1 saturated carbocycles. The van der Waals surface area contributed by atoms with Crippen LogP contribution in [-0.2, 0) is 0 Å². The number of benzene rings is 2. The third kappa shape index (κ3) is 3.47. The molecule has 23 heavy (non-hydrogen) atoms. The highest BCUT2D eigenvalue weighted by Crippen LogP contribution is 2.30. The molecule has 2 aromatic rings. The standard InChI is InChI=1S/C19H20N2O2/c22-19(15-7-3-1-4-8-15)21(17-9-5-2-6-10-17)18-13-11-16(20-23)12-14-18/h1,3-4,7-8,11-14,17H,2,5-6,9-10H2. The summed E-state index contributed by atoms with van der Waals surface area (Å²) in [6.45, 7) is 0. The van der Waals surface area contributed by atoms with Crippen molar-refractivity contribution in [3.8, 4) is 0 Å². The molecule has 0 saturated heterocycles. The molecule has 0 unspecified atom stereocenters. The van der Waals surface area contributed by atoms with E-state index in [-0.39, 0.29) is 11.9 Å². The zero-order valence-corrected chi connectivity index (χ0v) is 13.0. The molecule has 118 valence electrons. The van der Waals surface area contributed by atoms with Gasteiger partial charge in [0.1, 0.15) is 5.69 Å². The van der Waals surface area contributed by atoms with Gasteiger partial charge in [-0.2, -0.15) is 0 Å². The molecule has 0 spiro atoms. The highest BCUT2D eigenvalue weighted by Gasteiger charge is 2.27. The van der Waals surface area contributed by atoms with Gasteiger partial charge in [0.25, 0.3) is 5.91 Å². The predicted molar refractivity (Wildman–Crippen MR) is 92.0 cm³/mol. The Morgan fingerprint density at radius 1 is 0.913 bits per heavy atom. The summed E-state index contributed by atoms with van der Waals surface area (Å²) in [5, 5.41) is 2.93. The van der Waals surface area contributed by atoms with E-state index in [0.717, 1.165) is 31.4 Å². The van der Waals surface area contributed by atoms with Crippen molar-refractivity contribution in [2.45, 2.75) is 38.1 Å². The molecule has 1 fully saturated rings. The number of carbonyl (C=O) groups excluding carboxylic acids is 1. The number of hydrogen-bond acceptors (Lipinski definition) is 3. The predicted octanol–water partition coefficient (Wildman–Crippen LogP) is 5.06. The Morgan fingerprint density at radius 3 is 2.17 bits per heavy atom. The lowest BCUT2D eigenvalue weighted by Crippen LogP contribution is -2.41. The molecule has 1 amide bonds. The van der Waals surface area contributed by atoms with Crippen LogP contribution >= 0.6 is 0 Å². The molecule has 0 N–H and O–H groups in total. The zero-order valence-electron chi connectivity index (χ0n) is 13.0. The summed E-state index contributed by atoms with van der Waals surface area (Å²) < 4.78 is 0. The van der Waals surface area contributed by atoms with Crippen LogP contribution in [0.3, 0.4) is 0 Å². The van der Waals surface area contributed by atoms with Gasteiger partial charge in [0.05, 0.1) is 0 Å². The van der Waals surface area contributed by atoms with E-state index >= 15 is 0 Å². The fourth-order valence-corrected chi connectivity index (χ4v) is 3.23. The van der Waals surface area contributed by atoms with Gasteiger partial charge >= 0.3 is 0 Å². The minimum absolute atomic E-state index is 0.0179. The van der Waals surface area contributed by atoms with Crippen LogP contribution in [0.1, 0.15) is 42.5 Å². The molecule has 0 atom stereocenters. The molecule has 0 aromatic heterocycles. The second-order valence-corrected chi connectivity index (χ2v) is 5.94. The van der Waals surface area contributed by atoms with Gasteiger partial charge in [-0.25, -0.2) is 0 Å². The lowest BCUT2D eigenvalue weighted by Gasteiger charge is -2.34. The molecule has 1 aliphatic rings. The van der Waals surface area contributed by atoms with Crippen molar-refractivity contribution < 1.29 is 4.79 Å². The Bertz CT molecular complexity index is 662. The van der Waals surface area contributed by atoms with Gasteiger partial charge in [-0.1, -0.05) is 37.5 Å². The Kier molecular flexibility index (Phi) is 4.81. The molecule has 2 aromatic carbocycles. The molecule has 0 heterocycles. The SMILES string of the molecule is O=Nc1ccc(N(C(=O)c2ccccc2)C2CCCCC2)cc1. The molecular weight excluding hydrogens is 288 g/mol. The number of nitrogens with zero attached hydrogens (tertiary/aromatic N) is 2. The highest BCUT2D eigenvalue weighted by atomic mass is 16.3. The summed E-state index contributed by atoms with van der Waals surface area (Å²) in [7, 11) is 0. The van der Waals surface area contributed by atoms with Gasteiger partial charge < -0.3 is 4.90 Å². The van der Waals surface area contributed by atoms with E-state index < -0.39 is 0 Å². The van der Waals surface area contributed by atoms with Gasteiger partial charge in [-0.15, -0.1) is 4.91 Å². The van der Waals surface area contributed by atoms with Crippen LogP contribution in [-0.4, -0.2) is 11.9 Å². The van der Waals surface area contributed by atoms with Crippen molar-refractivity contribution in [1.82, 2.24) is 0 Å². The number of anilines is 1. The maximum absolute atomic E-state index is 13.0. The average Bonchev–Trinajstić information content (AvgIpc) is 2.64. The first-order valence-electron chi connectivity index (χ1n) is 8.11. The van der Waals surface area contributed by atoms with Gasteiger partial charge in [0, 0.05) is 17.3 Å². The highest BCUT2D eigenvalue weighted by molar-refractivity contribution is 6.06. The molecule has 1 aliphatic carbocycles. The summed E-state index contributed by atoms with van der Waals surface area (Å²) in [6.07, 6.45) is 5.57. The van der Waals surface area contributed by atoms with E-state index in [4.69, 9.17) is 0 Å². The summed E-state index contributed by atoms with van der Waals surface area (Å²) in [4.78, 5) is 25.5. The van der Waals surface area contributed by atoms with Crippen molar-refractivity contribution in [3.05, 3.63) is 65.1 Å². The Morgan fingerprint density at radius 2 is 1.57 bits per heavy atom. The van der Waals surface area contributed by atoms with Crippen molar-refractivity contribution in [1.29, 1.82) is 0 Å². The van der Waals surface area contributed by atoms with Gasteiger partial charge in [0.15, 0.2) is 0 Å². The van der Waals surface area contributed by atoms with E-state index in [9.17, 15) is 9.70 Å². The van der Waals surface area contributed by atoms with E-state index in [0.29, 0.717) is 11.3 Å². The third-order valence-electron chi connectivity index (χ3n) is 4.41. The van der Waals surface area contributed by atoms with Crippen molar-refractivity contribution in [3.63, 3.8) is 0 Å². The number of carbonyl (C=O) groups is 1. The second-order valence-electron chi connectivity index (χ2n) is 5.94. The van der Waals surface area contributed by atoms with Gasteiger partial charge in [-0.05, 0) is 54.4 Å². The zero-order chi connectivity index (χ0) is 16.1. The number of hydrogen-bond donors (Lipinski definition) is 0. The minimum atomic E-state index is 0.0179. The van der Waals surface area contributed by atoms with Crippen molar-refractivity contribution in [2.24, 2.45) is 5.18 Å². The molecule has 4 nitrogen and oxygen atoms in total. The number of nitroso groups, excluding NO2 is 1. The average molecular weight is 308 g/mol. The lowest BCUT2D eigenvalue weighted by atomic mass is 9.93. The quantitative estimate of drug-likeness (QED) is 0.741. The molecule has 3 rings (SSSR count). The van der Waals surface area contributed by atoms with Crippen molar-refractivity contribution in [2.75, 3.05) is 4.90 Å². The lowest BCUT2D eigenvalue weighted by molar-refractivity contribution is 0.0970. The van der Waals surface area contributed by atoms with E-state index in [1.807, 2.05) is 47.4 Å². The first kappa shape index (κ1) is 15.4. The maximum atomic E-state index is 13.0. The van der Waals surface area contributed by atoms with Crippen LogP contribution in [0.25, 0.3) is 0 Å². The number of amides is 1. The van der Waals surface area contributed by atoms with Crippen LogP contribution < -0.4 is 4.90 Å². The van der Waals surface area contributed by atoms with Crippen LogP contribution in [0.5, 0.6) is 0 Å². The number of rotatable bonds is 4. The van der Waals surface area contributed by atoms with Gasteiger partial charge in [0.2, 0.25) is 0 Å². The Labute approximate surface area is 136 Å². The maximum Gasteiger partial charge on any atom is 0.258 e. The topological polar surface area (TPSA) is 49.7 Å². The third-order valence-corrected chi connectivity index (χ3v) is 4.41. The normalized spacial score (nSPS) is 15.1. The summed E-state index contributed by atoms with van der Waals surface area (Å²) in [5.74, 6) is 0.0179. The van der Waals surface area contributed by atoms with E-state index in [1.54, 1.807) is 12.1 Å². The fourth-order valence-electron chi connectivity index (χ4n) is 3.23.